The number of nitrogens with two attached hydrogens (primary N) is 1. The minimum atomic E-state index is -1.61. The SMILES string of the molecule is COC(=O)C1=C(C(=O)OC)N(c2ccc([N+](=O)[O-])c(C(=O)O)c2)C(N)=C(C#N)C1c1ccccc1. The lowest BCUT2D eigenvalue weighted by molar-refractivity contribution is -0.385. The van der Waals surface area contributed by atoms with E-state index >= 15 is 0 Å². The molecule has 1 unspecified atom stereocenters. The second-order valence-corrected chi connectivity index (χ2v) is 7.10. The van der Waals surface area contributed by atoms with Crippen molar-refractivity contribution in [1.82, 2.24) is 0 Å². The molecule has 3 rings (SSSR count). The van der Waals surface area contributed by atoms with Crippen molar-refractivity contribution in [1.29, 1.82) is 5.26 Å². The molecular formula is C23H18N4O8. The Balaban J connectivity index is 2.44. The quantitative estimate of drug-likeness (QED) is 0.352. The van der Waals surface area contributed by atoms with Crippen LogP contribution in [0.15, 0.2) is 71.2 Å². The number of hydrogen-bond acceptors (Lipinski definition) is 10. The molecule has 12 nitrogen and oxygen atoms in total. The first-order valence-electron chi connectivity index (χ1n) is 9.85. The van der Waals surface area contributed by atoms with E-state index in [0.29, 0.717) is 5.56 Å². The number of hydrogen-bond donors (Lipinski definition) is 2. The van der Waals surface area contributed by atoms with Gasteiger partial charge in [-0.05, 0) is 17.7 Å². The third kappa shape index (κ3) is 4.25. The summed E-state index contributed by atoms with van der Waals surface area (Å²) in [5, 5.41) is 30.8. The van der Waals surface area contributed by atoms with E-state index in [-0.39, 0.29) is 22.7 Å². The molecule has 1 heterocycles. The number of carbonyl (C=O) groups is 3. The Kier molecular flexibility index (Phi) is 6.82. The van der Waals surface area contributed by atoms with Crippen LogP contribution in [0.1, 0.15) is 21.8 Å². The third-order valence-electron chi connectivity index (χ3n) is 5.28. The van der Waals surface area contributed by atoms with Crippen LogP contribution in [-0.2, 0) is 19.1 Å². The van der Waals surface area contributed by atoms with Crippen LogP contribution in [0, 0.1) is 21.4 Å². The van der Waals surface area contributed by atoms with E-state index in [1.165, 1.54) is 0 Å². The van der Waals surface area contributed by atoms with E-state index < -0.39 is 45.7 Å². The highest BCUT2D eigenvalue weighted by Crippen LogP contribution is 2.43. The number of anilines is 1. The lowest BCUT2D eigenvalue weighted by Gasteiger charge is -2.35. The van der Waals surface area contributed by atoms with Gasteiger partial charge in [0.2, 0.25) is 0 Å². The number of nitriles is 1. The molecule has 2 aromatic carbocycles. The summed E-state index contributed by atoms with van der Waals surface area (Å²) in [4.78, 5) is 49.0. The molecule has 1 aliphatic heterocycles. The predicted molar refractivity (Wildman–Crippen MR) is 120 cm³/mol. The van der Waals surface area contributed by atoms with Crippen molar-refractivity contribution in [3.63, 3.8) is 0 Å². The Hall–Kier alpha value is -5.18. The Morgan fingerprint density at radius 3 is 2.26 bits per heavy atom. The molecule has 0 fully saturated rings. The minimum absolute atomic E-state index is 0.133. The molecular weight excluding hydrogens is 460 g/mol. The van der Waals surface area contributed by atoms with Gasteiger partial charge >= 0.3 is 17.9 Å². The Morgan fingerprint density at radius 1 is 1.11 bits per heavy atom. The molecule has 1 atom stereocenters. The number of nitrogens with zero attached hydrogens (tertiary/aromatic N) is 3. The molecule has 1 aliphatic rings. The van der Waals surface area contributed by atoms with Crippen LogP contribution in [0.2, 0.25) is 0 Å². The second kappa shape index (κ2) is 9.75. The molecule has 0 saturated heterocycles. The van der Waals surface area contributed by atoms with Gasteiger partial charge in [0, 0.05) is 11.8 Å². The average Bonchev–Trinajstić information content (AvgIpc) is 2.86. The highest BCUT2D eigenvalue weighted by atomic mass is 16.6. The van der Waals surface area contributed by atoms with Gasteiger partial charge in [-0.1, -0.05) is 30.3 Å². The summed E-state index contributed by atoms with van der Waals surface area (Å²) in [6, 6.07) is 13.2. The molecule has 35 heavy (non-hydrogen) atoms. The van der Waals surface area contributed by atoms with Gasteiger partial charge in [0.15, 0.2) is 0 Å². The van der Waals surface area contributed by atoms with Gasteiger partial charge in [0.1, 0.15) is 17.1 Å². The van der Waals surface area contributed by atoms with Crippen LogP contribution >= 0.6 is 0 Å². The lowest BCUT2D eigenvalue weighted by atomic mass is 9.81. The maximum atomic E-state index is 13.0. The van der Waals surface area contributed by atoms with Crippen molar-refractivity contribution in [3.05, 3.63) is 92.4 Å². The summed E-state index contributed by atoms with van der Waals surface area (Å²) in [7, 11) is 2.14. The Bertz CT molecular complexity index is 1340. The number of ether oxygens (including phenoxy) is 2. The summed E-state index contributed by atoms with van der Waals surface area (Å²) in [5.74, 6) is -5.04. The molecule has 0 aliphatic carbocycles. The summed E-state index contributed by atoms with van der Waals surface area (Å²) in [5.41, 5.74) is 4.36. The van der Waals surface area contributed by atoms with Gasteiger partial charge in [0.05, 0.1) is 42.3 Å². The molecule has 178 valence electrons. The highest BCUT2D eigenvalue weighted by molar-refractivity contribution is 6.06. The monoisotopic (exact) mass is 478 g/mol. The number of nitro groups is 1. The molecule has 0 amide bonds. The van der Waals surface area contributed by atoms with E-state index in [1.54, 1.807) is 30.3 Å². The number of esters is 2. The number of allylic oxidation sites excluding steroid dienone is 1. The number of carboxylic acids is 1. The summed E-state index contributed by atoms with van der Waals surface area (Å²) in [6.45, 7) is 0. The molecule has 3 N–H and O–H groups in total. The average molecular weight is 478 g/mol. The zero-order chi connectivity index (χ0) is 25.9. The highest BCUT2D eigenvalue weighted by Gasteiger charge is 2.43. The standard InChI is InChI=1S/C23H18N4O8/c1-34-22(30)18-17(12-6-4-3-5-7-12)15(11-24)20(25)26(19(18)23(31)35-2)13-8-9-16(27(32)33)14(10-13)21(28)29/h3-10,17H,25H2,1-2H3,(H,28,29). The molecule has 12 heteroatoms. The third-order valence-corrected chi connectivity index (χ3v) is 5.28. The topological polar surface area (TPSA) is 186 Å². The van der Waals surface area contributed by atoms with Crippen LogP contribution in [-0.4, -0.2) is 42.2 Å². The fraction of sp³-hybridized carbons (Fsp3) is 0.130. The fourth-order valence-corrected chi connectivity index (χ4v) is 3.78. The van der Waals surface area contributed by atoms with Crippen molar-refractivity contribution >= 4 is 29.3 Å². The largest absolute Gasteiger partial charge is 0.477 e. The van der Waals surface area contributed by atoms with Crippen molar-refractivity contribution < 1.29 is 33.9 Å². The molecule has 0 bridgehead atoms. The van der Waals surface area contributed by atoms with Crippen molar-refractivity contribution in [3.8, 4) is 6.07 Å². The maximum absolute atomic E-state index is 13.0. The number of methoxy groups -OCH3 is 2. The van der Waals surface area contributed by atoms with Gasteiger partial charge in [-0.3, -0.25) is 15.0 Å². The number of carbonyl (C=O) groups excluding carboxylic acids is 2. The smallest absolute Gasteiger partial charge is 0.355 e. The van der Waals surface area contributed by atoms with E-state index in [2.05, 4.69) is 0 Å². The summed E-state index contributed by atoms with van der Waals surface area (Å²) in [6.07, 6.45) is 0. The summed E-state index contributed by atoms with van der Waals surface area (Å²) >= 11 is 0. The number of aromatic carboxylic acids is 1. The van der Waals surface area contributed by atoms with Gasteiger partial charge in [-0.2, -0.15) is 5.26 Å². The molecule has 2 aromatic rings. The Labute approximate surface area is 198 Å². The van der Waals surface area contributed by atoms with E-state index in [0.717, 1.165) is 37.3 Å². The predicted octanol–water partition coefficient (Wildman–Crippen LogP) is 2.19. The van der Waals surface area contributed by atoms with Gasteiger partial charge in [-0.15, -0.1) is 0 Å². The van der Waals surface area contributed by atoms with Gasteiger partial charge in [0.25, 0.3) is 5.69 Å². The second-order valence-electron chi connectivity index (χ2n) is 7.10. The van der Waals surface area contributed by atoms with Crippen LogP contribution in [0.4, 0.5) is 11.4 Å². The zero-order valence-corrected chi connectivity index (χ0v) is 18.4. The van der Waals surface area contributed by atoms with Crippen molar-refractivity contribution in [2.24, 2.45) is 5.73 Å². The maximum Gasteiger partial charge on any atom is 0.355 e. The zero-order valence-electron chi connectivity index (χ0n) is 18.4. The first kappa shape index (κ1) is 24.5. The van der Waals surface area contributed by atoms with Gasteiger partial charge in [-0.25, -0.2) is 14.4 Å². The molecule has 0 spiro atoms. The van der Waals surface area contributed by atoms with Crippen LogP contribution in [0.25, 0.3) is 0 Å². The molecule has 0 saturated carbocycles. The summed E-state index contributed by atoms with van der Waals surface area (Å²) < 4.78 is 9.78. The number of nitro benzene ring substituents is 1. The van der Waals surface area contributed by atoms with E-state index in [4.69, 9.17) is 15.2 Å². The van der Waals surface area contributed by atoms with Gasteiger partial charge < -0.3 is 20.3 Å². The first-order chi connectivity index (χ1) is 16.7. The van der Waals surface area contributed by atoms with E-state index in [9.17, 15) is 34.9 Å². The van der Waals surface area contributed by atoms with Crippen molar-refractivity contribution in [2.75, 3.05) is 19.1 Å². The van der Waals surface area contributed by atoms with E-state index in [1.807, 2.05) is 6.07 Å². The minimum Gasteiger partial charge on any atom is -0.477 e. The first-order valence-corrected chi connectivity index (χ1v) is 9.85. The number of carboxylic acid groups (broad SMARTS) is 1. The van der Waals surface area contributed by atoms with Crippen LogP contribution in [0.5, 0.6) is 0 Å². The number of rotatable bonds is 6. The van der Waals surface area contributed by atoms with Crippen LogP contribution in [0.3, 0.4) is 0 Å². The lowest BCUT2D eigenvalue weighted by Crippen LogP contribution is -2.40. The fourth-order valence-electron chi connectivity index (χ4n) is 3.78. The van der Waals surface area contributed by atoms with Crippen LogP contribution < -0.4 is 10.6 Å². The molecule has 0 aromatic heterocycles. The molecule has 0 radical (unpaired) electrons. The Morgan fingerprint density at radius 2 is 1.74 bits per heavy atom. The normalized spacial score (nSPS) is 15.3. The van der Waals surface area contributed by atoms with Crippen molar-refractivity contribution in [2.45, 2.75) is 5.92 Å². The number of benzene rings is 2.